The molecule has 0 aromatic heterocycles. The number of phenolic OH excluding ortho intramolecular Hbond substituents is 1. The standard InChI is InChI=1S/C11H10N2O3/c14-8-3-1-2-7-6(8)4-5-11(7)9(15)12-10(16)13-11/h1-3,14H,4-5H2,(H2,12,13,15,16)/t11-/m0/s1. The third-order valence-corrected chi connectivity index (χ3v) is 3.30. The molecule has 1 atom stereocenters. The first-order valence-electron chi connectivity index (χ1n) is 5.08. The van der Waals surface area contributed by atoms with Crippen molar-refractivity contribution in [3.63, 3.8) is 0 Å². The molecule has 1 aliphatic carbocycles. The van der Waals surface area contributed by atoms with Crippen LogP contribution in [0.5, 0.6) is 5.75 Å². The van der Waals surface area contributed by atoms with Crippen LogP contribution in [0.25, 0.3) is 0 Å². The van der Waals surface area contributed by atoms with E-state index < -0.39 is 11.6 Å². The van der Waals surface area contributed by atoms with Crippen molar-refractivity contribution >= 4 is 11.9 Å². The number of urea groups is 1. The monoisotopic (exact) mass is 218 g/mol. The summed E-state index contributed by atoms with van der Waals surface area (Å²) in [4.78, 5) is 23.0. The van der Waals surface area contributed by atoms with Crippen LogP contribution < -0.4 is 10.6 Å². The normalized spacial score (nSPS) is 26.8. The second-order valence-electron chi connectivity index (χ2n) is 4.12. The van der Waals surface area contributed by atoms with Crippen LogP contribution in [0.2, 0.25) is 0 Å². The molecule has 82 valence electrons. The Morgan fingerprint density at radius 3 is 2.81 bits per heavy atom. The number of aromatic hydroxyl groups is 1. The molecule has 3 N–H and O–H groups in total. The van der Waals surface area contributed by atoms with E-state index >= 15 is 0 Å². The fourth-order valence-electron chi connectivity index (χ4n) is 2.54. The van der Waals surface area contributed by atoms with Crippen molar-refractivity contribution < 1.29 is 14.7 Å². The van der Waals surface area contributed by atoms with Gasteiger partial charge in [-0.05, 0) is 24.5 Å². The van der Waals surface area contributed by atoms with E-state index in [1.54, 1.807) is 18.2 Å². The van der Waals surface area contributed by atoms with Gasteiger partial charge in [0.2, 0.25) is 0 Å². The third-order valence-electron chi connectivity index (χ3n) is 3.30. The third kappa shape index (κ3) is 0.946. The fourth-order valence-corrected chi connectivity index (χ4v) is 2.54. The molecule has 1 aliphatic heterocycles. The number of carbonyl (C=O) groups excluding carboxylic acids is 2. The molecule has 0 unspecified atom stereocenters. The number of fused-ring (bicyclic) bond motifs is 2. The van der Waals surface area contributed by atoms with Crippen molar-refractivity contribution in [2.45, 2.75) is 18.4 Å². The Kier molecular flexibility index (Phi) is 1.58. The summed E-state index contributed by atoms with van der Waals surface area (Å²) >= 11 is 0. The number of benzene rings is 1. The molecule has 3 rings (SSSR count). The van der Waals surface area contributed by atoms with E-state index in [1.807, 2.05) is 0 Å². The lowest BCUT2D eigenvalue weighted by molar-refractivity contribution is -0.124. The maximum Gasteiger partial charge on any atom is 0.322 e. The van der Waals surface area contributed by atoms with Gasteiger partial charge in [0.15, 0.2) is 0 Å². The summed E-state index contributed by atoms with van der Waals surface area (Å²) in [6, 6.07) is 4.57. The fraction of sp³-hybridized carbons (Fsp3) is 0.273. The van der Waals surface area contributed by atoms with E-state index in [4.69, 9.17) is 0 Å². The molecular formula is C11H10N2O3. The molecule has 0 radical (unpaired) electrons. The molecular weight excluding hydrogens is 208 g/mol. The lowest BCUT2D eigenvalue weighted by Gasteiger charge is -2.20. The molecule has 16 heavy (non-hydrogen) atoms. The zero-order valence-corrected chi connectivity index (χ0v) is 8.41. The summed E-state index contributed by atoms with van der Waals surface area (Å²) in [6.07, 6.45) is 1.09. The van der Waals surface area contributed by atoms with Gasteiger partial charge in [-0.2, -0.15) is 0 Å². The van der Waals surface area contributed by atoms with Crippen molar-refractivity contribution in [2.75, 3.05) is 0 Å². The van der Waals surface area contributed by atoms with Gasteiger partial charge >= 0.3 is 6.03 Å². The van der Waals surface area contributed by atoms with Gasteiger partial charge in [-0.15, -0.1) is 0 Å². The maximum atomic E-state index is 11.8. The number of phenols is 1. The van der Waals surface area contributed by atoms with Gasteiger partial charge < -0.3 is 10.4 Å². The number of rotatable bonds is 0. The van der Waals surface area contributed by atoms with Gasteiger partial charge in [-0.3, -0.25) is 10.1 Å². The van der Waals surface area contributed by atoms with Crippen LogP contribution in [0.4, 0.5) is 4.79 Å². The minimum Gasteiger partial charge on any atom is -0.508 e. The first-order valence-corrected chi connectivity index (χ1v) is 5.08. The summed E-state index contributed by atoms with van der Waals surface area (Å²) < 4.78 is 0. The van der Waals surface area contributed by atoms with E-state index in [9.17, 15) is 14.7 Å². The molecule has 1 fully saturated rings. The van der Waals surface area contributed by atoms with Gasteiger partial charge in [-0.25, -0.2) is 4.79 Å². The molecule has 1 aromatic rings. The van der Waals surface area contributed by atoms with Crippen molar-refractivity contribution in [1.29, 1.82) is 0 Å². The Hall–Kier alpha value is -2.04. The molecule has 1 saturated heterocycles. The number of hydrogen-bond donors (Lipinski definition) is 3. The quantitative estimate of drug-likeness (QED) is 0.550. The number of hydrogen-bond acceptors (Lipinski definition) is 3. The van der Waals surface area contributed by atoms with Crippen LogP contribution in [0.3, 0.4) is 0 Å². The summed E-state index contributed by atoms with van der Waals surface area (Å²) in [5.41, 5.74) is 0.487. The SMILES string of the molecule is O=C1NC(=O)[C@@]2(CCc3c(O)cccc32)N1. The predicted octanol–water partition coefficient (Wildman–Crippen LogP) is 0.373. The number of nitrogens with one attached hydrogen (secondary N) is 2. The van der Waals surface area contributed by atoms with Crippen molar-refractivity contribution in [3.05, 3.63) is 29.3 Å². The number of imide groups is 1. The van der Waals surface area contributed by atoms with Crippen LogP contribution in [0.15, 0.2) is 18.2 Å². The Bertz CT molecular complexity index is 512. The van der Waals surface area contributed by atoms with Gasteiger partial charge in [0.25, 0.3) is 5.91 Å². The van der Waals surface area contributed by atoms with E-state index in [1.165, 1.54) is 0 Å². The molecule has 1 aromatic carbocycles. The van der Waals surface area contributed by atoms with Gasteiger partial charge in [0.05, 0.1) is 0 Å². The predicted molar refractivity (Wildman–Crippen MR) is 54.8 cm³/mol. The highest BCUT2D eigenvalue weighted by molar-refractivity contribution is 6.08. The number of amides is 3. The molecule has 3 amide bonds. The average Bonchev–Trinajstić information content (AvgIpc) is 2.72. The van der Waals surface area contributed by atoms with Crippen LogP contribution >= 0.6 is 0 Å². The minimum absolute atomic E-state index is 0.184. The first kappa shape index (κ1) is 9.21. The summed E-state index contributed by atoms with van der Waals surface area (Å²) in [7, 11) is 0. The van der Waals surface area contributed by atoms with Gasteiger partial charge in [0, 0.05) is 5.56 Å². The lowest BCUT2D eigenvalue weighted by atomic mass is 9.92. The Morgan fingerprint density at radius 2 is 2.12 bits per heavy atom. The van der Waals surface area contributed by atoms with E-state index in [0.29, 0.717) is 18.4 Å². The van der Waals surface area contributed by atoms with Crippen molar-refractivity contribution in [3.8, 4) is 5.75 Å². The average molecular weight is 218 g/mol. The molecule has 5 nitrogen and oxygen atoms in total. The largest absolute Gasteiger partial charge is 0.508 e. The maximum absolute atomic E-state index is 11.8. The molecule has 2 aliphatic rings. The lowest BCUT2D eigenvalue weighted by Crippen LogP contribution is -2.41. The summed E-state index contributed by atoms with van der Waals surface area (Å²) in [5, 5.41) is 14.6. The zero-order valence-electron chi connectivity index (χ0n) is 8.41. The molecule has 0 bridgehead atoms. The van der Waals surface area contributed by atoms with Crippen LogP contribution in [0.1, 0.15) is 17.5 Å². The zero-order chi connectivity index (χ0) is 11.3. The van der Waals surface area contributed by atoms with Gasteiger partial charge in [0.1, 0.15) is 11.3 Å². The summed E-state index contributed by atoms with van der Waals surface area (Å²) in [5.74, 6) is -0.148. The van der Waals surface area contributed by atoms with Crippen LogP contribution in [0, 0.1) is 0 Å². The van der Waals surface area contributed by atoms with Crippen LogP contribution in [-0.2, 0) is 16.8 Å². The number of carbonyl (C=O) groups is 2. The Labute approximate surface area is 91.5 Å². The second kappa shape index (κ2) is 2.75. The molecule has 0 saturated carbocycles. The molecule has 1 spiro atoms. The van der Waals surface area contributed by atoms with Crippen molar-refractivity contribution in [2.24, 2.45) is 0 Å². The minimum atomic E-state index is -0.967. The Morgan fingerprint density at radius 1 is 1.31 bits per heavy atom. The molecule has 5 heteroatoms. The molecule has 1 heterocycles. The first-order chi connectivity index (χ1) is 7.63. The van der Waals surface area contributed by atoms with Crippen molar-refractivity contribution in [1.82, 2.24) is 10.6 Å². The highest BCUT2D eigenvalue weighted by atomic mass is 16.3. The topological polar surface area (TPSA) is 78.4 Å². The van der Waals surface area contributed by atoms with Crippen LogP contribution in [-0.4, -0.2) is 17.0 Å². The van der Waals surface area contributed by atoms with E-state index in [-0.39, 0.29) is 11.7 Å². The second-order valence-corrected chi connectivity index (χ2v) is 4.12. The Balaban J connectivity index is 2.19. The smallest absolute Gasteiger partial charge is 0.322 e. The van der Waals surface area contributed by atoms with Gasteiger partial charge in [-0.1, -0.05) is 12.1 Å². The van der Waals surface area contributed by atoms with E-state index in [0.717, 1.165) is 5.56 Å². The van der Waals surface area contributed by atoms with E-state index in [2.05, 4.69) is 10.6 Å². The highest BCUT2D eigenvalue weighted by Gasteiger charge is 2.51. The summed E-state index contributed by atoms with van der Waals surface area (Å²) in [6.45, 7) is 0. The highest BCUT2D eigenvalue weighted by Crippen LogP contribution is 2.42.